The van der Waals surface area contributed by atoms with E-state index < -0.39 is 75.9 Å². The molecule has 0 saturated heterocycles. The smallest absolute Gasteiger partial charge is 0.255 e. The number of fused-ring (bicyclic) bond motifs is 3. The summed E-state index contributed by atoms with van der Waals surface area (Å²) in [7, 11) is 3.49. The lowest BCUT2D eigenvalue weighted by Crippen LogP contribution is -2.58. The van der Waals surface area contributed by atoms with Crippen LogP contribution in [0.15, 0.2) is 35.1 Å². The molecule has 3 aliphatic carbocycles. The van der Waals surface area contributed by atoms with E-state index in [2.05, 4.69) is 0 Å². The maximum atomic E-state index is 13.7. The molecule has 42 heavy (non-hydrogen) atoms. The number of halogens is 3. The zero-order chi connectivity index (χ0) is 30.8. The van der Waals surface area contributed by atoms with Crippen molar-refractivity contribution in [2.24, 2.45) is 17.6 Å². The zero-order valence-corrected chi connectivity index (χ0v) is 22.8. The van der Waals surface area contributed by atoms with Gasteiger partial charge in [0, 0.05) is 37.7 Å². The average Bonchev–Trinajstić information content (AvgIpc) is 2.90. The normalized spacial score (nSPS) is 23.5. The molecule has 5 rings (SSSR count). The molecule has 2 aromatic rings. The Hall–Kier alpha value is -4.32. The van der Waals surface area contributed by atoms with Crippen LogP contribution in [0.5, 0.6) is 5.75 Å². The van der Waals surface area contributed by atoms with Crippen LogP contribution < -0.4 is 10.6 Å². The SMILES string of the molecule is CN(C)c1cc(CCCc2cc(F)c(F)c(F)c2)c(O)c2c1C[C@H]1C[C@H]3CC(=O)C(C(N)=O)=C(O)[C@@]3(O)C(=O)C1=C2O. The first-order chi connectivity index (χ1) is 19.7. The van der Waals surface area contributed by atoms with Crippen molar-refractivity contribution in [2.45, 2.75) is 44.1 Å². The van der Waals surface area contributed by atoms with Gasteiger partial charge < -0.3 is 31.1 Å². The number of aryl methyl sites for hydroxylation is 2. The molecule has 2 aromatic carbocycles. The summed E-state index contributed by atoms with van der Waals surface area (Å²) in [4.78, 5) is 39.8. The minimum absolute atomic E-state index is 0.0170. The lowest BCUT2D eigenvalue weighted by Gasteiger charge is -2.46. The predicted octanol–water partition coefficient (Wildman–Crippen LogP) is 3.08. The molecular formula is C30H29F3N2O7. The minimum Gasteiger partial charge on any atom is -0.508 e. The Kier molecular flexibility index (Phi) is 7.08. The van der Waals surface area contributed by atoms with Crippen LogP contribution in [0.1, 0.15) is 41.5 Å². The van der Waals surface area contributed by atoms with E-state index in [0.29, 0.717) is 16.8 Å². The van der Waals surface area contributed by atoms with Crippen molar-refractivity contribution >= 4 is 28.9 Å². The number of ketones is 2. The third-order valence-corrected chi connectivity index (χ3v) is 8.56. The fourth-order valence-corrected chi connectivity index (χ4v) is 6.55. The van der Waals surface area contributed by atoms with Crippen molar-refractivity contribution in [2.75, 3.05) is 19.0 Å². The van der Waals surface area contributed by atoms with Gasteiger partial charge in [-0.25, -0.2) is 13.2 Å². The molecule has 1 fully saturated rings. The highest BCUT2D eigenvalue weighted by Crippen LogP contribution is 2.53. The Balaban J connectivity index is 1.56. The number of hydrogen-bond donors (Lipinski definition) is 5. The molecule has 9 nitrogen and oxygen atoms in total. The van der Waals surface area contributed by atoms with E-state index >= 15 is 0 Å². The first-order valence-electron chi connectivity index (χ1n) is 13.3. The third-order valence-electron chi connectivity index (χ3n) is 8.56. The van der Waals surface area contributed by atoms with Crippen molar-refractivity contribution < 1.29 is 48.0 Å². The van der Waals surface area contributed by atoms with Crippen LogP contribution in [0.3, 0.4) is 0 Å². The van der Waals surface area contributed by atoms with E-state index in [-0.39, 0.29) is 54.6 Å². The number of aliphatic hydroxyl groups excluding tert-OH is 2. The van der Waals surface area contributed by atoms with Crippen molar-refractivity contribution in [1.29, 1.82) is 0 Å². The van der Waals surface area contributed by atoms with Crippen LogP contribution in [-0.4, -0.2) is 57.6 Å². The van der Waals surface area contributed by atoms with Gasteiger partial charge in [0.25, 0.3) is 5.91 Å². The standard InChI is InChI=1S/C30H29F3N2O7/c1-35(2)19-10-13(5-3-4-12-6-17(31)24(33)18(32)7-12)25(37)22-16(19)9-14-8-15-11-20(36)23(29(34)41)28(40)30(15,42)27(39)21(14)26(22)38/h6-7,10,14-15,37-38,40,42H,3-5,8-9,11H2,1-2H3,(H2,34,41)/t14-,15+,30+/m1/s1. The van der Waals surface area contributed by atoms with Gasteiger partial charge in [-0.15, -0.1) is 0 Å². The largest absolute Gasteiger partial charge is 0.508 e. The topological polar surface area (TPSA) is 161 Å². The Bertz CT molecular complexity index is 1610. The summed E-state index contributed by atoms with van der Waals surface area (Å²) in [5.41, 5.74) is 3.12. The second kappa shape index (κ2) is 10.2. The average molecular weight is 587 g/mol. The summed E-state index contributed by atoms with van der Waals surface area (Å²) >= 11 is 0. The van der Waals surface area contributed by atoms with Gasteiger partial charge in [-0.05, 0) is 72.9 Å². The zero-order valence-electron chi connectivity index (χ0n) is 22.8. The molecule has 0 unspecified atom stereocenters. The Morgan fingerprint density at radius 3 is 2.29 bits per heavy atom. The molecule has 0 aliphatic heterocycles. The number of carbonyl (C=O) groups is 3. The maximum Gasteiger partial charge on any atom is 0.255 e. The van der Waals surface area contributed by atoms with E-state index in [4.69, 9.17) is 5.73 Å². The monoisotopic (exact) mass is 586 g/mol. The Labute approximate surface area is 238 Å². The number of nitrogens with two attached hydrogens (primary N) is 1. The number of primary amides is 1. The molecule has 0 radical (unpaired) electrons. The van der Waals surface area contributed by atoms with Gasteiger partial charge in [-0.1, -0.05) is 0 Å². The molecule has 1 saturated carbocycles. The van der Waals surface area contributed by atoms with E-state index in [0.717, 1.165) is 12.1 Å². The summed E-state index contributed by atoms with van der Waals surface area (Å²) in [6.07, 6.45) is 0.380. The second-order valence-corrected chi connectivity index (χ2v) is 11.3. The summed E-state index contributed by atoms with van der Waals surface area (Å²) in [5, 5.41) is 44.9. The highest BCUT2D eigenvalue weighted by molar-refractivity contribution is 6.22. The van der Waals surface area contributed by atoms with Crippen molar-refractivity contribution in [3.8, 4) is 5.75 Å². The summed E-state index contributed by atoms with van der Waals surface area (Å²) in [6.45, 7) is 0. The van der Waals surface area contributed by atoms with Crippen molar-refractivity contribution in [3.05, 3.63) is 74.8 Å². The molecule has 3 atom stereocenters. The number of carbonyl (C=O) groups excluding carboxylic acids is 3. The number of anilines is 1. The van der Waals surface area contributed by atoms with E-state index in [9.17, 15) is 48.0 Å². The fraction of sp³-hybridized carbons (Fsp3) is 0.367. The molecule has 1 amide bonds. The number of nitrogens with zero attached hydrogens (tertiary/aromatic N) is 1. The third kappa shape index (κ3) is 4.32. The van der Waals surface area contributed by atoms with Gasteiger partial charge in [0.2, 0.25) is 5.78 Å². The van der Waals surface area contributed by atoms with Gasteiger partial charge in [-0.2, -0.15) is 0 Å². The summed E-state index contributed by atoms with van der Waals surface area (Å²) in [6, 6.07) is 3.49. The number of phenols is 1. The first-order valence-corrected chi connectivity index (χ1v) is 13.3. The molecule has 0 spiro atoms. The number of Topliss-reactive ketones (excluding diaryl/α,β-unsaturated/α-hetero) is 2. The van der Waals surface area contributed by atoms with E-state index in [1.807, 2.05) is 0 Å². The molecule has 0 bridgehead atoms. The van der Waals surface area contributed by atoms with Crippen LogP contribution in [0.25, 0.3) is 5.76 Å². The number of rotatable bonds is 6. The van der Waals surface area contributed by atoms with Crippen LogP contribution in [0.4, 0.5) is 18.9 Å². The number of aliphatic hydroxyl groups is 3. The van der Waals surface area contributed by atoms with Crippen LogP contribution in [0.2, 0.25) is 0 Å². The predicted molar refractivity (Wildman–Crippen MR) is 144 cm³/mol. The number of amides is 1. The van der Waals surface area contributed by atoms with E-state index in [1.54, 1.807) is 25.1 Å². The second-order valence-electron chi connectivity index (χ2n) is 11.3. The lowest BCUT2D eigenvalue weighted by molar-refractivity contribution is -0.147. The lowest BCUT2D eigenvalue weighted by atomic mass is 9.59. The molecule has 222 valence electrons. The maximum absolute atomic E-state index is 13.7. The van der Waals surface area contributed by atoms with Gasteiger partial charge in [0.1, 0.15) is 22.8 Å². The molecule has 0 aromatic heterocycles. The highest BCUT2D eigenvalue weighted by atomic mass is 19.2. The van der Waals surface area contributed by atoms with Crippen LogP contribution in [0, 0.1) is 29.3 Å². The summed E-state index contributed by atoms with van der Waals surface area (Å²) in [5.74, 6) is -11.2. The number of phenolic OH excluding ortho intramolecular Hbond substituents is 1. The van der Waals surface area contributed by atoms with Crippen molar-refractivity contribution in [3.63, 3.8) is 0 Å². The number of hydrogen-bond acceptors (Lipinski definition) is 8. The van der Waals surface area contributed by atoms with Gasteiger partial charge in [-0.3, -0.25) is 14.4 Å². The van der Waals surface area contributed by atoms with Crippen LogP contribution >= 0.6 is 0 Å². The molecule has 3 aliphatic rings. The van der Waals surface area contributed by atoms with E-state index in [1.165, 1.54) is 0 Å². The first kappa shape index (κ1) is 29.2. The molecule has 0 heterocycles. The Morgan fingerprint density at radius 1 is 1.05 bits per heavy atom. The quantitative estimate of drug-likeness (QED) is 0.255. The summed E-state index contributed by atoms with van der Waals surface area (Å²) < 4.78 is 40.6. The molecule has 12 heteroatoms. The van der Waals surface area contributed by atoms with Crippen LogP contribution in [-0.2, 0) is 33.6 Å². The molecular weight excluding hydrogens is 557 g/mol. The minimum atomic E-state index is -2.66. The number of benzene rings is 2. The van der Waals surface area contributed by atoms with Gasteiger partial charge in [0.15, 0.2) is 28.8 Å². The van der Waals surface area contributed by atoms with Gasteiger partial charge >= 0.3 is 0 Å². The van der Waals surface area contributed by atoms with Gasteiger partial charge in [0.05, 0.1) is 5.56 Å². The Morgan fingerprint density at radius 2 is 1.69 bits per heavy atom. The highest BCUT2D eigenvalue weighted by Gasteiger charge is 2.60. The number of aromatic hydroxyl groups is 1. The van der Waals surface area contributed by atoms with Crippen molar-refractivity contribution in [1.82, 2.24) is 0 Å². The molecule has 6 N–H and O–H groups in total. The fourth-order valence-electron chi connectivity index (χ4n) is 6.55.